The van der Waals surface area contributed by atoms with E-state index >= 15 is 0 Å². The maximum atomic E-state index is 5.64. The zero-order valence-corrected chi connectivity index (χ0v) is 14.1. The first-order chi connectivity index (χ1) is 9.83. The molecule has 0 saturated carbocycles. The number of hydrogen-bond acceptors (Lipinski definition) is 5. The molecule has 2 rings (SSSR count). The highest BCUT2D eigenvalue weighted by molar-refractivity contribution is 5.28. The Kier molecular flexibility index (Phi) is 5.27. The molecule has 0 radical (unpaired) electrons. The zero-order chi connectivity index (χ0) is 15.5. The van der Waals surface area contributed by atoms with Gasteiger partial charge in [0.05, 0.1) is 5.69 Å². The normalized spacial score (nSPS) is 17.7. The second kappa shape index (κ2) is 6.79. The quantitative estimate of drug-likeness (QED) is 0.903. The minimum Gasteiger partial charge on any atom is -0.432 e. The highest BCUT2D eigenvalue weighted by atomic mass is 16.4. The minimum atomic E-state index is 0.0988. The maximum absolute atomic E-state index is 5.64. The Morgan fingerprint density at radius 3 is 2.48 bits per heavy atom. The largest absolute Gasteiger partial charge is 0.432 e. The van der Waals surface area contributed by atoms with Crippen LogP contribution >= 0.6 is 0 Å². The Morgan fingerprint density at radius 2 is 1.90 bits per heavy atom. The second-order valence-corrected chi connectivity index (χ2v) is 7.41. The fraction of sp³-hybridized carbons (Fsp3) is 0.812. The van der Waals surface area contributed by atoms with Crippen LogP contribution < -0.4 is 10.2 Å². The molecular formula is C16H30N4O. The maximum Gasteiger partial charge on any atom is 0.297 e. The lowest BCUT2D eigenvalue weighted by Gasteiger charge is -2.34. The Bertz CT molecular complexity index is 428. The van der Waals surface area contributed by atoms with Crippen LogP contribution in [0.3, 0.4) is 0 Å². The van der Waals surface area contributed by atoms with Gasteiger partial charge < -0.3 is 14.6 Å². The van der Waals surface area contributed by atoms with Crippen molar-refractivity contribution >= 4 is 6.01 Å². The van der Waals surface area contributed by atoms with E-state index in [0.717, 1.165) is 50.4 Å². The molecule has 0 spiro atoms. The fourth-order valence-electron chi connectivity index (χ4n) is 2.52. The summed E-state index contributed by atoms with van der Waals surface area (Å²) in [7, 11) is 0. The topological polar surface area (TPSA) is 44.5 Å². The van der Waals surface area contributed by atoms with Crippen LogP contribution in [0, 0.1) is 5.92 Å². The van der Waals surface area contributed by atoms with Gasteiger partial charge in [-0.2, -0.15) is 4.98 Å². The summed E-state index contributed by atoms with van der Waals surface area (Å²) in [6.07, 6.45) is 1.77. The van der Waals surface area contributed by atoms with Gasteiger partial charge in [0.2, 0.25) is 0 Å². The van der Waals surface area contributed by atoms with Crippen LogP contribution in [0.4, 0.5) is 6.01 Å². The van der Waals surface area contributed by atoms with E-state index in [-0.39, 0.29) is 5.54 Å². The highest BCUT2D eigenvalue weighted by Crippen LogP contribution is 2.17. The first kappa shape index (κ1) is 16.3. The van der Waals surface area contributed by atoms with Crippen molar-refractivity contribution < 1.29 is 4.42 Å². The summed E-state index contributed by atoms with van der Waals surface area (Å²) >= 11 is 0. The number of aromatic nitrogens is 1. The third-order valence-electron chi connectivity index (χ3n) is 3.61. The monoisotopic (exact) mass is 294 g/mol. The molecule has 0 bridgehead atoms. The lowest BCUT2D eigenvalue weighted by atomic mass is 10.1. The Balaban J connectivity index is 1.82. The molecule has 0 aromatic carbocycles. The van der Waals surface area contributed by atoms with E-state index in [2.05, 4.69) is 54.7 Å². The summed E-state index contributed by atoms with van der Waals surface area (Å²) in [6, 6.07) is 0.768. The Morgan fingerprint density at radius 1 is 1.24 bits per heavy atom. The summed E-state index contributed by atoms with van der Waals surface area (Å²) in [6.45, 7) is 17.1. The smallest absolute Gasteiger partial charge is 0.297 e. The number of hydrogen-bond donors (Lipinski definition) is 1. The molecular weight excluding hydrogens is 264 g/mol. The first-order valence-corrected chi connectivity index (χ1v) is 8.00. The lowest BCUT2D eigenvalue weighted by molar-refractivity contribution is 0.227. The van der Waals surface area contributed by atoms with E-state index in [0.29, 0.717) is 0 Å². The Labute approximate surface area is 128 Å². The summed E-state index contributed by atoms with van der Waals surface area (Å²) in [5, 5.41) is 3.43. The lowest BCUT2D eigenvalue weighted by Crippen LogP contribution is -2.47. The zero-order valence-electron chi connectivity index (χ0n) is 14.1. The summed E-state index contributed by atoms with van der Waals surface area (Å²) in [5.74, 6) is 0.730. The SMILES string of the molecule is CC(C)CN1CCN(c2nc(CNC(C)(C)C)co2)CC1. The molecule has 0 aliphatic carbocycles. The first-order valence-electron chi connectivity index (χ1n) is 8.00. The molecule has 1 aliphatic rings. The molecule has 2 heterocycles. The van der Waals surface area contributed by atoms with Crippen LogP contribution in [0.1, 0.15) is 40.3 Å². The predicted octanol–water partition coefficient (Wildman–Crippen LogP) is 2.34. The van der Waals surface area contributed by atoms with Crippen molar-refractivity contribution in [2.24, 2.45) is 5.92 Å². The van der Waals surface area contributed by atoms with Crippen molar-refractivity contribution in [1.29, 1.82) is 0 Å². The standard InChI is InChI=1S/C16H30N4O/c1-13(2)11-19-6-8-20(9-7-19)15-18-14(12-21-15)10-17-16(3,4)5/h12-13,17H,6-11H2,1-5H3. The van der Waals surface area contributed by atoms with Crippen molar-refractivity contribution in [3.63, 3.8) is 0 Å². The van der Waals surface area contributed by atoms with Crippen LogP contribution in [-0.4, -0.2) is 48.1 Å². The van der Waals surface area contributed by atoms with E-state index in [4.69, 9.17) is 4.42 Å². The molecule has 5 nitrogen and oxygen atoms in total. The van der Waals surface area contributed by atoms with Crippen molar-refractivity contribution in [2.75, 3.05) is 37.6 Å². The minimum absolute atomic E-state index is 0.0988. The Hall–Kier alpha value is -1.07. The van der Waals surface area contributed by atoms with Crippen LogP contribution in [-0.2, 0) is 6.54 Å². The second-order valence-electron chi connectivity index (χ2n) is 7.41. The molecule has 1 aliphatic heterocycles. The van der Waals surface area contributed by atoms with Gasteiger partial charge in [-0.3, -0.25) is 4.90 Å². The van der Waals surface area contributed by atoms with Crippen LogP contribution in [0.2, 0.25) is 0 Å². The molecule has 1 aromatic heterocycles. The third-order valence-corrected chi connectivity index (χ3v) is 3.61. The average Bonchev–Trinajstić information content (AvgIpc) is 2.84. The van der Waals surface area contributed by atoms with Crippen molar-refractivity contribution in [3.8, 4) is 0 Å². The number of piperazine rings is 1. The molecule has 1 N–H and O–H groups in total. The van der Waals surface area contributed by atoms with Gasteiger partial charge in [-0.1, -0.05) is 13.8 Å². The van der Waals surface area contributed by atoms with E-state index in [1.165, 1.54) is 6.54 Å². The van der Waals surface area contributed by atoms with Gasteiger partial charge in [-0.15, -0.1) is 0 Å². The van der Waals surface area contributed by atoms with Crippen LogP contribution in [0.15, 0.2) is 10.7 Å². The predicted molar refractivity (Wildman–Crippen MR) is 86.6 cm³/mol. The van der Waals surface area contributed by atoms with Gasteiger partial charge in [0, 0.05) is 44.8 Å². The van der Waals surface area contributed by atoms with Gasteiger partial charge in [0.25, 0.3) is 6.01 Å². The summed E-state index contributed by atoms with van der Waals surface area (Å²) < 4.78 is 5.64. The fourth-order valence-corrected chi connectivity index (χ4v) is 2.52. The van der Waals surface area contributed by atoms with Crippen molar-refractivity contribution in [2.45, 2.75) is 46.7 Å². The van der Waals surface area contributed by atoms with Gasteiger partial charge in [0.15, 0.2) is 0 Å². The van der Waals surface area contributed by atoms with Crippen molar-refractivity contribution in [3.05, 3.63) is 12.0 Å². The highest BCUT2D eigenvalue weighted by Gasteiger charge is 2.21. The molecule has 1 saturated heterocycles. The van der Waals surface area contributed by atoms with Crippen LogP contribution in [0.25, 0.3) is 0 Å². The number of oxazole rings is 1. The molecule has 0 amide bonds. The molecule has 1 fully saturated rings. The number of rotatable bonds is 5. The summed E-state index contributed by atoms with van der Waals surface area (Å²) in [5.41, 5.74) is 1.08. The number of nitrogens with one attached hydrogen (secondary N) is 1. The van der Waals surface area contributed by atoms with E-state index in [9.17, 15) is 0 Å². The number of anilines is 1. The van der Waals surface area contributed by atoms with Crippen LogP contribution in [0.5, 0.6) is 0 Å². The van der Waals surface area contributed by atoms with Gasteiger partial charge in [0.1, 0.15) is 6.26 Å². The van der Waals surface area contributed by atoms with E-state index in [1.54, 1.807) is 6.26 Å². The molecule has 1 aromatic rings. The average molecular weight is 294 g/mol. The molecule has 21 heavy (non-hydrogen) atoms. The third kappa shape index (κ3) is 5.32. The summed E-state index contributed by atoms with van der Waals surface area (Å²) in [4.78, 5) is 9.37. The van der Waals surface area contributed by atoms with Gasteiger partial charge in [-0.05, 0) is 26.7 Å². The van der Waals surface area contributed by atoms with E-state index < -0.39 is 0 Å². The molecule has 0 atom stereocenters. The van der Waals surface area contributed by atoms with Gasteiger partial charge >= 0.3 is 0 Å². The van der Waals surface area contributed by atoms with E-state index in [1.807, 2.05) is 0 Å². The number of nitrogens with zero attached hydrogens (tertiary/aromatic N) is 3. The van der Waals surface area contributed by atoms with Gasteiger partial charge in [-0.25, -0.2) is 0 Å². The molecule has 0 unspecified atom stereocenters. The molecule has 120 valence electrons. The van der Waals surface area contributed by atoms with Crippen molar-refractivity contribution in [1.82, 2.24) is 15.2 Å². The molecule has 5 heteroatoms.